The summed E-state index contributed by atoms with van der Waals surface area (Å²) in [4.78, 5) is 37.2. The van der Waals surface area contributed by atoms with Gasteiger partial charge in [0.15, 0.2) is 9.84 Å². The van der Waals surface area contributed by atoms with Gasteiger partial charge in [-0.2, -0.15) is 0 Å². The number of nitrogens with one attached hydrogen (secondary N) is 1. The quantitative estimate of drug-likeness (QED) is 0.316. The molecule has 2 aliphatic rings. The van der Waals surface area contributed by atoms with Crippen LogP contribution in [0.25, 0.3) is 5.57 Å². The molecule has 0 radical (unpaired) electrons. The van der Waals surface area contributed by atoms with Crippen LogP contribution in [0.5, 0.6) is 5.75 Å². The molecule has 11 nitrogen and oxygen atoms in total. The van der Waals surface area contributed by atoms with E-state index in [2.05, 4.69) is 5.32 Å². The van der Waals surface area contributed by atoms with Crippen molar-refractivity contribution in [3.8, 4) is 5.75 Å². The first-order valence-electron chi connectivity index (χ1n) is 12.1. The highest BCUT2D eigenvalue weighted by Gasteiger charge is 2.48. The molecule has 2 aromatic carbocycles. The number of hydrogen-bond donors (Lipinski definition) is 1. The normalized spacial score (nSPS) is 19.2. The second-order valence-electron chi connectivity index (χ2n) is 9.38. The number of piperidine rings is 1. The van der Waals surface area contributed by atoms with Gasteiger partial charge in [-0.25, -0.2) is 13.2 Å². The number of rotatable bonds is 7. The maximum atomic E-state index is 13.5. The molecule has 12 heteroatoms. The molecule has 1 atom stereocenters. The number of hydrogen-bond acceptors (Lipinski definition) is 9. The molecule has 38 heavy (non-hydrogen) atoms. The molecule has 1 saturated heterocycles. The van der Waals surface area contributed by atoms with Gasteiger partial charge in [-0.15, -0.1) is 0 Å². The van der Waals surface area contributed by atoms with Gasteiger partial charge in [-0.1, -0.05) is 36.4 Å². The van der Waals surface area contributed by atoms with Crippen LogP contribution in [0, 0.1) is 15.5 Å². The molecule has 0 bridgehead atoms. The number of methoxy groups -OCH3 is 1. The van der Waals surface area contributed by atoms with E-state index < -0.39 is 43.4 Å². The van der Waals surface area contributed by atoms with Gasteiger partial charge < -0.3 is 14.4 Å². The summed E-state index contributed by atoms with van der Waals surface area (Å²) in [5.74, 6) is -0.893. The number of sulfone groups is 1. The fourth-order valence-electron chi connectivity index (χ4n) is 4.84. The Bertz CT molecular complexity index is 1320. The number of carbonyl (C=O) groups excluding carboxylic acids is 2. The van der Waals surface area contributed by atoms with E-state index in [0.717, 1.165) is 11.1 Å². The third-order valence-electron chi connectivity index (χ3n) is 7.00. The number of esters is 1. The molecule has 0 saturated carbocycles. The van der Waals surface area contributed by atoms with Gasteiger partial charge in [-0.05, 0) is 36.1 Å². The molecule has 4 rings (SSSR count). The topological polar surface area (TPSA) is 145 Å². The lowest BCUT2D eigenvalue weighted by Gasteiger charge is -2.39. The fraction of sp³-hybridized carbons (Fsp3) is 0.385. The fourth-order valence-corrected chi connectivity index (χ4v) is 7.00. The maximum absolute atomic E-state index is 13.5. The van der Waals surface area contributed by atoms with Gasteiger partial charge in [0.2, 0.25) is 0 Å². The van der Waals surface area contributed by atoms with Crippen molar-refractivity contribution in [3.63, 3.8) is 0 Å². The van der Waals surface area contributed by atoms with Crippen LogP contribution in [-0.4, -0.2) is 68.2 Å². The average Bonchev–Trinajstić information content (AvgIpc) is 2.93. The minimum Gasteiger partial charge on any atom is -0.469 e. The van der Waals surface area contributed by atoms with Crippen molar-refractivity contribution in [1.82, 2.24) is 10.2 Å². The average molecular weight is 544 g/mol. The van der Waals surface area contributed by atoms with Gasteiger partial charge >= 0.3 is 12.1 Å². The Kier molecular flexibility index (Phi) is 8.12. The minimum absolute atomic E-state index is 0.0857. The van der Waals surface area contributed by atoms with Gasteiger partial charge in [0, 0.05) is 38.2 Å². The lowest BCUT2D eigenvalue weighted by atomic mass is 9.80. The summed E-state index contributed by atoms with van der Waals surface area (Å²) in [7, 11) is -2.55. The zero-order chi connectivity index (χ0) is 27.3. The Labute approximate surface area is 220 Å². The lowest BCUT2D eigenvalue weighted by Crippen LogP contribution is -2.53. The van der Waals surface area contributed by atoms with Gasteiger partial charge in [0.1, 0.15) is 11.1 Å². The molecule has 1 unspecified atom stereocenters. The standard InChI is InChI=1S/C26H29N3O8S/c1-36-24(30)26(18-38(34,35)23-17-20(11-14-27-23)19-5-3-2-4-6-19)12-15-28(16-13-26)25(31)37-22-9-7-21(8-10-22)29(32)33/h2-11,23,27H,12-18H2,1H3. The lowest BCUT2D eigenvalue weighted by molar-refractivity contribution is -0.384. The molecule has 0 spiro atoms. The summed E-state index contributed by atoms with van der Waals surface area (Å²) in [6.45, 7) is 0.564. The Balaban J connectivity index is 1.42. The number of nitrogens with zero attached hydrogens (tertiary/aromatic N) is 2. The number of nitro benzene ring substituents is 1. The molecule has 2 aliphatic heterocycles. The molecular formula is C26H29N3O8S. The Morgan fingerprint density at radius 3 is 2.37 bits per heavy atom. The van der Waals surface area contributed by atoms with E-state index in [1.165, 1.54) is 36.3 Å². The third-order valence-corrected chi connectivity index (χ3v) is 9.16. The van der Waals surface area contributed by atoms with Crippen molar-refractivity contribution >= 4 is 33.2 Å². The predicted octanol–water partition coefficient (Wildman–Crippen LogP) is 3.17. The second-order valence-corrected chi connectivity index (χ2v) is 11.6. The Morgan fingerprint density at radius 2 is 1.76 bits per heavy atom. The molecule has 1 fully saturated rings. The first kappa shape index (κ1) is 27.3. The largest absolute Gasteiger partial charge is 0.469 e. The van der Waals surface area contributed by atoms with Crippen molar-refractivity contribution in [3.05, 3.63) is 76.4 Å². The Morgan fingerprint density at radius 1 is 1.11 bits per heavy atom. The van der Waals surface area contributed by atoms with E-state index in [0.29, 0.717) is 6.54 Å². The first-order chi connectivity index (χ1) is 18.1. The number of amides is 1. The smallest absolute Gasteiger partial charge is 0.415 e. The zero-order valence-electron chi connectivity index (χ0n) is 20.9. The van der Waals surface area contributed by atoms with Crippen LogP contribution in [0.3, 0.4) is 0 Å². The van der Waals surface area contributed by atoms with Crippen molar-refractivity contribution in [2.75, 3.05) is 32.5 Å². The molecule has 2 heterocycles. The first-order valence-corrected chi connectivity index (χ1v) is 13.8. The van der Waals surface area contributed by atoms with E-state index in [9.17, 15) is 28.1 Å². The SMILES string of the molecule is COC(=O)C1(CS(=O)(=O)C2CC(c3ccccc3)=CCN2)CCN(C(=O)Oc2ccc([N+](=O)[O-])cc2)CC1. The van der Waals surface area contributed by atoms with Crippen LogP contribution in [0.15, 0.2) is 60.7 Å². The number of non-ortho nitro benzene ring substituents is 1. The third kappa shape index (κ3) is 6.03. The highest BCUT2D eigenvalue weighted by atomic mass is 32.2. The predicted molar refractivity (Wildman–Crippen MR) is 139 cm³/mol. The summed E-state index contributed by atoms with van der Waals surface area (Å²) in [5.41, 5.74) is 0.448. The zero-order valence-corrected chi connectivity index (χ0v) is 21.7. The summed E-state index contributed by atoms with van der Waals surface area (Å²) >= 11 is 0. The molecule has 0 aromatic heterocycles. The van der Waals surface area contributed by atoms with Crippen molar-refractivity contribution in [2.45, 2.75) is 24.6 Å². The monoisotopic (exact) mass is 543 g/mol. The number of likely N-dealkylation sites (tertiary alicyclic amines) is 1. The minimum atomic E-state index is -3.78. The molecule has 1 amide bonds. The summed E-state index contributed by atoms with van der Waals surface area (Å²) in [5, 5.41) is 13.0. The summed E-state index contributed by atoms with van der Waals surface area (Å²) < 4.78 is 37.4. The Hall–Kier alpha value is -3.77. The van der Waals surface area contributed by atoms with Crippen LogP contribution < -0.4 is 10.1 Å². The van der Waals surface area contributed by atoms with Crippen LogP contribution in [0.1, 0.15) is 24.8 Å². The van der Waals surface area contributed by atoms with Crippen LogP contribution in [0.4, 0.5) is 10.5 Å². The maximum Gasteiger partial charge on any atom is 0.415 e. The van der Waals surface area contributed by atoms with Crippen molar-refractivity contribution < 1.29 is 32.4 Å². The number of benzene rings is 2. The van der Waals surface area contributed by atoms with Crippen LogP contribution >= 0.6 is 0 Å². The van der Waals surface area contributed by atoms with Crippen LogP contribution in [0.2, 0.25) is 0 Å². The van der Waals surface area contributed by atoms with Crippen LogP contribution in [-0.2, 0) is 19.4 Å². The summed E-state index contributed by atoms with van der Waals surface area (Å²) in [6.07, 6.45) is 1.72. The van der Waals surface area contributed by atoms with E-state index in [1.807, 2.05) is 36.4 Å². The number of carbonyl (C=O) groups is 2. The number of nitro groups is 1. The van der Waals surface area contributed by atoms with Gasteiger partial charge in [0.25, 0.3) is 5.69 Å². The summed E-state index contributed by atoms with van der Waals surface area (Å²) in [6, 6.07) is 14.6. The van der Waals surface area contributed by atoms with E-state index in [4.69, 9.17) is 9.47 Å². The molecule has 2 aromatic rings. The van der Waals surface area contributed by atoms with Gasteiger partial charge in [-0.3, -0.25) is 20.2 Å². The molecular weight excluding hydrogens is 514 g/mol. The highest BCUT2D eigenvalue weighted by molar-refractivity contribution is 7.92. The second kappa shape index (κ2) is 11.3. The van der Waals surface area contributed by atoms with Crippen molar-refractivity contribution in [1.29, 1.82) is 0 Å². The van der Waals surface area contributed by atoms with Gasteiger partial charge in [0.05, 0.1) is 23.2 Å². The highest BCUT2D eigenvalue weighted by Crippen LogP contribution is 2.37. The molecule has 0 aliphatic carbocycles. The van der Waals surface area contributed by atoms with Crippen molar-refractivity contribution in [2.24, 2.45) is 5.41 Å². The van der Waals surface area contributed by atoms with E-state index in [-0.39, 0.29) is 43.8 Å². The number of ether oxygens (including phenoxy) is 2. The molecule has 1 N–H and O–H groups in total. The molecule has 202 valence electrons. The van der Waals surface area contributed by atoms with E-state index >= 15 is 0 Å². The van der Waals surface area contributed by atoms with E-state index in [1.54, 1.807) is 0 Å².